The molecule has 0 bridgehead atoms. The van der Waals surface area contributed by atoms with Crippen LogP contribution >= 0.6 is 0 Å². The number of piperidine rings is 1. The summed E-state index contributed by atoms with van der Waals surface area (Å²) in [6.45, 7) is 1.39. The Hall–Kier alpha value is -1.92. The summed E-state index contributed by atoms with van der Waals surface area (Å²) in [5.74, 6) is -0.299. The van der Waals surface area contributed by atoms with E-state index in [1.165, 1.54) is 5.56 Å². The summed E-state index contributed by atoms with van der Waals surface area (Å²) in [7, 11) is 0. The van der Waals surface area contributed by atoms with E-state index in [0.29, 0.717) is 32.0 Å². The molecule has 6 nitrogen and oxygen atoms in total. The van der Waals surface area contributed by atoms with E-state index in [1.54, 1.807) is 0 Å². The van der Waals surface area contributed by atoms with Crippen LogP contribution in [-0.2, 0) is 19.1 Å². The van der Waals surface area contributed by atoms with Crippen molar-refractivity contribution in [2.75, 3.05) is 18.5 Å². The number of rotatable bonds is 3. The van der Waals surface area contributed by atoms with Crippen LogP contribution in [0, 0.1) is 0 Å². The minimum absolute atomic E-state index is 0.196. The van der Waals surface area contributed by atoms with E-state index in [0.717, 1.165) is 18.5 Å². The van der Waals surface area contributed by atoms with Crippen LogP contribution in [0.25, 0.3) is 0 Å². The number of benzene rings is 1. The quantitative estimate of drug-likeness (QED) is 0.827. The first kappa shape index (κ1) is 14.7. The van der Waals surface area contributed by atoms with Gasteiger partial charge in [-0.2, -0.15) is 0 Å². The number of amides is 2. The van der Waals surface area contributed by atoms with Crippen LogP contribution < -0.4 is 10.6 Å². The fourth-order valence-electron chi connectivity index (χ4n) is 3.54. The third-order valence-corrected chi connectivity index (χ3v) is 4.89. The first-order chi connectivity index (χ1) is 11.1. The molecule has 2 amide bonds. The molecular weight excluding hydrogens is 296 g/mol. The number of hydrogen-bond acceptors (Lipinski definition) is 5. The summed E-state index contributed by atoms with van der Waals surface area (Å²) in [4.78, 5) is 22.9. The first-order valence-electron chi connectivity index (χ1n) is 8.12. The molecule has 1 aromatic rings. The van der Waals surface area contributed by atoms with Gasteiger partial charge in [-0.15, -0.1) is 0 Å². The number of imide groups is 1. The second-order valence-electron chi connectivity index (χ2n) is 6.48. The third-order valence-electron chi connectivity index (χ3n) is 4.89. The average Bonchev–Trinajstić information content (AvgIpc) is 2.99. The molecule has 122 valence electrons. The lowest BCUT2D eigenvalue weighted by Gasteiger charge is -2.43. The summed E-state index contributed by atoms with van der Waals surface area (Å²) in [6.07, 6.45) is 2.73. The Bertz CT molecular complexity index is 614. The number of anilines is 1. The largest absolute Gasteiger partial charge is 0.374 e. The Morgan fingerprint density at radius 3 is 2.43 bits per heavy atom. The lowest BCUT2D eigenvalue weighted by atomic mass is 9.74. The molecule has 23 heavy (non-hydrogen) atoms. The molecule has 2 saturated heterocycles. The first-order valence-corrected chi connectivity index (χ1v) is 8.12. The normalized spacial score (nSPS) is 26.9. The number of hydrogen-bond donors (Lipinski definition) is 2. The zero-order valence-electron chi connectivity index (χ0n) is 12.8. The molecule has 1 atom stereocenters. The molecule has 2 heterocycles. The predicted octanol–water partition coefficient (Wildman–Crippen LogP) is 1.52. The number of nitrogens with one attached hydrogen (secondary N) is 2. The van der Waals surface area contributed by atoms with Gasteiger partial charge in [-0.05, 0) is 30.0 Å². The van der Waals surface area contributed by atoms with Crippen molar-refractivity contribution in [2.24, 2.45) is 0 Å². The lowest BCUT2D eigenvalue weighted by Crippen LogP contribution is -2.47. The number of ether oxygens (including phenoxy) is 2. The van der Waals surface area contributed by atoms with E-state index >= 15 is 0 Å². The summed E-state index contributed by atoms with van der Waals surface area (Å²) in [6, 6.07) is 7.80. The molecule has 6 heteroatoms. The van der Waals surface area contributed by atoms with Crippen LogP contribution in [0.1, 0.15) is 37.2 Å². The zero-order valence-corrected chi connectivity index (χ0v) is 12.8. The van der Waals surface area contributed by atoms with Crippen LogP contribution in [0.2, 0.25) is 0 Å². The summed E-state index contributed by atoms with van der Waals surface area (Å²) in [5.41, 5.74) is 2.16. The third kappa shape index (κ3) is 2.84. The second kappa shape index (κ2) is 5.62. The highest BCUT2D eigenvalue weighted by atomic mass is 16.7. The van der Waals surface area contributed by atoms with E-state index < -0.39 is 0 Å². The van der Waals surface area contributed by atoms with Gasteiger partial charge in [0, 0.05) is 24.9 Å². The Morgan fingerprint density at radius 1 is 1.09 bits per heavy atom. The van der Waals surface area contributed by atoms with Gasteiger partial charge in [0.25, 0.3) is 0 Å². The predicted molar refractivity (Wildman–Crippen MR) is 82.8 cm³/mol. The van der Waals surface area contributed by atoms with Crippen molar-refractivity contribution in [3.8, 4) is 0 Å². The van der Waals surface area contributed by atoms with Crippen LogP contribution in [0.3, 0.4) is 0 Å². The fraction of sp³-hybridized carbons (Fsp3) is 0.529. The lowest BCUT2D eigenvalue weighted by molar-refractivity contribution is -0.215. The maximum atomic E-state index is 11.8. The van der Waals surface area contributed by atoms with Gasteiger partial charge < -0.3 is 14.8 Å². The van der Waals surface area contributed by atoms with Gasteiger partial charge >= 0.3 is 0 Å². The molecule has 1 aliphatic carbocycles. The van der Waals surface area contributed by atoms with Crippen LogP contribution in [0.15, 0.2) is 24.3 Å². The molecule has 1 spiro atoms. The van der Waals surface area contributed by atoms with E-state index in [2.05, 4.69) is 22.8 Å². The summed E-state index contributed by atoms with van der Waals surface area (Å²) >= 11 is 0. The number of carbonyl (C=O) groups is 2. The smallest absolute Gasteiger partial charge is 0.249 e. The van der Waals surface area contributed by atoms with Gasteiger partial charge in [0.2, 0.25) is 11.8 Å². The van der Waals surface area contributed by atoms with Gasteiger partial charge in [-0.1, -0.05) is 12.1 Å². The van der Waals surface area contributed by atoms with E-state index in [9.17, 15) is 9.59 Å². The minimum atomic E-state index is -0.342. The molecule has 2 N–H and O–H groups in total. The van der Waals surface area contributed by atoms with Gasteiger partial charge in [0.15, 0.2) is 5.79 Å². The Kier molecular flexibility index (Phi) is 3.58. The van der Waals surface area contributed by atoms with E-state index in [4.69, 9.17) is 9.47 Å². The minimum Gasteiger partial charge on any atom is -0.374 e. The zero-order chi connectivity index (χ0) is 15.9. The fourth-order valence-corrected chi connectivity index (χ4v) is 3.54. The van der Waals surface area contributed by atoms with Crippen LogP contribution in [0.4, 0.5) is 5.69 Å². The number of carbonyl (C=O) groups excluding carboxylic acids is 2. The highest BCUT2D eigenvalue weighted by molar-refractivity contribution is 6.01. The molecule has 0 radical (unpaired) electrons. The van der Waals surface area contributed by atoms with Gasteiger partial charge in [0.05, 0.1) is 13.2 Å². The van der Waals surface area contributed by atoms with E-state index in [-0.39, 0.29) is 23.6 Å². The molecule has 3 fully saturated rings. The highest BCUT2D eigenvalue weighted by Crippen LogP contribution is 2.49. The maximum Gasteiger partial charge on any atom is 0.249 e. The molecule has 4 rings (SSSR count). The van der Waals surface area contributed by atoms with Crippen molar-refractivity contribution < 1.29 is 19.1 Å². The average molecular weight is 316 g/mol. The van der Waals surface area contributed by atoms with Gasteiger partial charge in [-0.3, -0.25) is 14.9 Å². The molecule has 3 aliphatic rings. The molecule has 0 aromatic heterocycles. The maximum absolute atomic E-state index is 11.8. The van der Waals surface area contributed by atoms with Gasteiger partial charge in [-0.25, -0.2) is 0 Å². The van der Waals surface area contributed by atoms with Crippen LogP contribution in [0.5, 0.6) is 0 Å². The van der Waals surface area contributed by atoms with Gasteiger partial charge in [0.1, 0.15) is 6.04 Å². The van der Waals surface area contributed by atoms with E-state index in [1.807, 2.05) is 12.1 Å². The highest BCUT2D eigenvalue weighted by Gasteiger charge is 2.49. The van der Waals surface area contributed by atoms with Crippen molar-refractivity contribution in [3.63, 3.8) is 0 Å². The van der Waals surface area contributed by atoms with Crippen LogP contribution in [-0.4, -0.2) is 36.9 Å². The van der Waals surface area contributed by atoms with Crippen molar-refractivity contribution in [1.29, 1.82) is 0 Å². The molecule has 1 saturated carbocycles. The molecule has 1 unspecified atom stereocenters. The van der Waals surface area contributed by atoms with Crippen molar-refractivity contribution in [3.05, 3.63) is 29.8 Å². The van der Waals surface area contributed by atoms with Crippen molar-refractivity contribution in [2.45, 2.75) is 43.4 Å². The second-order valence-corrected chi connectivity index (χ2v) is 6.48. The topological polar surface area (TPSA) is 76.7 Å². The molecule has 2 aliphatic heterocycles. The molecular formula is C17H20N2O4. The SMILES string of the molecule is O=C1CCC(Nc2ccc(C3CC4(C3)OCCO4)cc2)C(=O)N1. The summed E-state index contributed by atoms with van der Waals surface area (Å²) < 4.78 is 11.3. The Balaban J connectivity index is 1.35. The standard InChI is InChI=1S/C17H20N2O4/c20-15-6-5-14(16(21)19-15)18-13-3-1-11(2-4-13)12-9-17(10-12)22-7-8-23-17/h1-4,12,14,18H,5-10H2,(H,19,20,21). The Labute approximate surface area is 134 Å². The van der Waals surface area contributed by atoms with Crippen molar-refractivity contribution in [1.82, 2.24) is 5.32 Å². The molecule has 1 aromatic carbocycles. The monoisotopic (exact) mass is 316 g/mol. The van der Waals surface area contributed by atoms with Crippen molar-refractivity contribution >= 4 is 17.5 Å². The Morgan fingerprint density at radius 2 is 1.78 bits per heavy atom. The summed E-state index contributed by atoms with van der Waals surface area (Å²) in [5, 5.41) is 5.55.